The molecule has 3 nitrogen and oxygen atoms in total. The summed E-state index contributed by atoms with van der Waals surface area (Å²) in [6, 6.07) is 8.57. The molecule has 19 heavy (non-hydrogen) atoms. The molecular formula is C16H26N2O. The Bertz CT molecular complexity index is 396. The maximum Gasteiger partial charge on any atom is 0.221 e. The highest BCUT2D eigenvalue weighted by Crippen LogP contribution is 2.24. The minimum absolute atomic E-state index is 0.0223. The van der Waals surface area contributed by atoms with Gasteiger partial charge in [-0.3, -0.25) is 4.79 Å². The van der Waals surface area contributed by atoms with Crippen molar-refractivity contribution < 1.29 is 4.79 Å². The molecule has 0 spiro atoms. The number of nitrogens with two attached hydrogens (primary N) is 1. The summed E-state index contributed by atoms with van der Waals surface area (Å²) in [5, 5.41) is 3.06. The fourth-order valence-electron chi connectivity index (χ4n) is 2.10. The first-order valence-corrected chi connectivity index (χ1v) is 7.05. The number of carbonyl (C=O) groups excluding carboxylic acids is 1. The van der Waals surface area contributed by atoms with Gasteiger partial charge in [-0.1, -0.05) is 52.0 Å². The molecule has 1 atom stereocenters. The van der Waals surface area contributed by atoms with Crippen LogP contribution in [0.2, 0.25) is 0 Å². The van der Waals surface area contributed by atoms with Crippen LogP contribution >= 0.6 is 0 Å². The number of nitrogens with one attached hydrogen (secondary N) is 1. The molecule has 1 rings (SSSR count). The van der Waals surface area contributed by atoms with E-state index in [4.69, 9.17) is 5.73 Å². The van der Waals surface area contributed by atoms with Crippen molar-refractivity contribution >= 4 is 5.91 Å². The van der Waals surface area contributed by atoms with Crippen molar-refractivity contribution in [3.8, 4) is 0 Å². The minimum Gasteiger partial charge on any atom is -0.349 e. The first kappa shape index (κ1) is 15.7. The quantitative estimate of drug-likeness (QED) is 0.828. The van der Waals surface area contributed by atoms with Gasteiger partial charge in [-0.25, -0.2) is 0 Å². The Balaban J connectivity index is 2.84. The molecule has 0 saturated carbocycles. The second-order valence-corrected chi connectivity index (χ2v) is 5.65. The van der Waals surface area contributed by atoms with Crippen molar-refractivity contribution in [3.63, 3.8) is 0 Å². The average molecular weight is 262 g/mol. The third-order valence-corrected chi connectivity index (χ3v) is 3.32. The van der Waals surface area contributed by atoms with Gasteiger partial charge in [-0.2, -0.15) is 0 Å². The van der Waals surface area contributed by atoms with Gasteiger partial charge in [0.25, 0.3) is 0 Å². The zero-order valence-electron chi connectivity index (χ0n) is 12.4. The minimum atomic E-state index is 0.0223. The van der Waals surface area contributed by atoms with Crippen LogP contribution in [-0.4, -0.2) is 12.5 Å². The van der Waals surface area contributed by atoms with Gasteiger partial charge in [-0.05, 0) is 23.0 Å². The van der Waals surface area contributed by atoms with Crippen LogP contribution < -0.4 is 11.1 Å². The van der Waals surface area contributed by atoms with Crippen molar-refractivity contribution in [1.29, 1.82) is 0 Å². The van der Waals surface area contributed by atoms with E-state index < -0.39 is 0 Å². The lowest BCUT2D eigenvalue weighted by Gasteiger charge is -2.23. The van der Waals surface area contributed by atoms with Gasteiger partial charge in [0.15, 0.2) is 0 Å². The van der Waals surface area contributed by atoms with E-state index in [9.17, 15) is 4.79 Å². The summed E-state index contributed by atoms with van der Waals surface area (Å²) in [5.41, 5.74) is 7.89. The lowest BCUT2D eigenvalue weighted by molar-refractivity contribution is -0.122. The molecule has 0 radical (unpaired) electrons. The second kappa shape index (κ2) is 7.29. The van der Waals surface area contributed by atoms with Crippen molar-refractivity contribution in [2.24, 2.45) is 11.7 Å². The summed E-state index contributed by atoms with van der Waals surface area (Å²) in [6.07, 6.45) is 0.382. The van der Waals surface area contributed by atoms with Crippen molar-refractivity contribution in [1.82, 2.24) is 5.32 Å². The molecule has 3 N–H and O–H groups in total. The highest BCUT2D eigenvalue weighted by atomic mass is 16.1. The molecule has 0 saturated heterocycles. The van der Waals surface area contributed by atoms with E-state index in [2.05, 4.69) is 57.3 Å². The van der Waals surface area contributed by atoms with E-state index in [1.54, 1.807) is 0 Å². The fourth-order valence-corrected chi connectivity index (χ4v) is 2.10. The van der Waals surface area contributed by atoms with Gasteiger partial charge in [-0.15, -0.1) is 0 Å². The molecule has 0 aliphatic rings. The predicted octanol–water partition coefficient (Wildman–Crippen LogP) is 2.97. The smallest absolute Gasteiger partial charge is 0.221 e. The summed E-state index contributed by atoms with van der Waals surface area (Å²) in [6.45, 7) is 8.98. The van der Waals surface area contributed by atoms with Crippen molar-refractivity contribution in [2.45, 2.75) is 46.1 Å². The number of benzene rings is 1. The molecule has 0 bridgehead atoms. The summed E-state index contributed by atoms with van der Waals surface area (Å²) in [4.78, 5) is 11.7. The van der Waals surface area contributed by atoms with E-state index in [0.29, 0.717) is 24.8 Å². The monoisotopic (exact) mass is 262 g/mol. The Morgan fingerprint density at radius 1 is 1.11 bits per heavy atom. The van der Waals surface area contributed by atoms with Crippen LogP contribution in [0.15, 0.2) is 24.3 Å². The van der Waals surface area contributed by atoms with E-state index in [-0.39, 0.29) is 11.9 Å². The Kier molecular flexibility index (Phi) is 6.03. The maximum absolute atomic E-state index is 11.7. The van der Waals surface area contributed by atoms with Crippen LogP contribution in [0.4, 0.5) is 0 Å². The van der Waals surface area contributed by atoms with Gasteiger partial charge in [0.2, 0.25) is 5.91 Å². The van der Waals surface area contributed by atoms with Gasteiger partial charge < -0.3 is 11.1 Å². The standard InChI is InChI=1S/C16H26N2O/c1-11(2)13-5-7-14(8-6-13)16(12(3)4)18-15(19)9-10-17/h5-8,11-12,16H,9-10,17H2,1-4H3,(H,18,19). The summed E-state index contributed by atoms with van der Waals surface area (Å²) >= 11 is 0. The van der Waals surface area contributed by atoms with E-state index in [0.717, 1.165) is 5.56 Å². The molecule has 0 aromatic heterocycles. The number of rotatable bonds is 6. The number of carbonyl (C=O) groups is 1. The van der Waals surface area contributed by atoms with E-state index >= 15 is 0 Å². The molecule has 0 aliphatic carbocycles. The molecule has 0 fully saturated rings. The van der Waals surface area contributed by atoms with Crippen LogP contribution in [0, 0.1) is 5.92 Å². The highest BCUT2D eigenvalue weighted by Gasteiger charge is 2.17. The first-order valence-electron chi connectivity index (χ1n) is 7.05. The number of amides is 1. The lowest BCUT2D eigenvalue weighted by atomic mass is 9.93. The molecule has 3 heteroatoms. The van der Waals surface area contributed by atoms with Crippen molar-refractivity contribution in [2.75, 3.05) is 6.54 Å². The summed E-state index contributed by atoms with van der Waals surface area (Å²) < 4.78 is 0. The Hall–Kier alpha value is -1.35. The normalized spacial score (nSPS) is 12.8. The summed E-state index contributed by atoms with van der Waals surface area (Å²) in [5.74, 6) is 0.902. The topological polar surface area (TPSA) is 55.1 Å². The first-order chi connectivity index (χ1) is 8.95. The molecule has 1 amide bonds. The summed E-state index contributed by atoms with van der Waals surface area (Å²) in [7, 11) is 0. The van der Waals surface area contributed by atoms with Gasteiger partial charge in [0, 0.05) is 13.0 Å². The van der Waals surface area contributed by atoms with E-state index in [1.165, 1.54) is 5.56 Å². The number of hydrogen-bond donors (Lipinski definition) is 2. The molecule has 1 unspecified atom stereocenters. The molecule has 1 aromatic carbocycles. The highest BCUT2D eigenvalue weighted by molar-refractivity contribution is 5.76. The second-order valence-electron chi connectivity index (χ2n) is 5.65. The molecule has 0 aliphatic heterocycles. The van der Waals surface area contributed by atoms with Gasteiger partial charge in [0.05, 0.1) is 6.04 Å². The fraction of sp³-hybridized carbons (Fsp3) is 0.562. The number of hydrogen-bond acceptors (Lipinski definition) is 2. The Labute approximate surface area is 116 Å². The molecule has 106 valence electrons. The van der Waals surface area contributed by atoms with Crippen molar-refractivity contribution in [3.05, 3.63) is 35.4 Å². The molecule has 0 heterocycles. The largest absolute Gasteiger partial charge is 0.349 e. The van der Waals surface area contributed by atoms with Gasteiger partial charge >= 0.3 is 0 Å². The van der Waals surface area contributed by atoms with Gasteiger partial charge in [0.1, 0.15) is 0 Å². The average Bonchev–Trinajstić information content (AvgIpc) is 2.36. The maximum atomic E-state index is 11.7. The molecular weight excluding hydrogens is 236 g/mol. The zero-order valence-corrected chi connectivity index (χ0v) is 12.4. The van der Waals surface area contributed by atoms with Crippen LogP contribution in [0.5, 0.6) is 0 Å². The third kappa shape index (κ3) is 4.67. The van der Waals surface area contributed by atoms with Crippen LogP contribution in [0.3, 0.4) is 0 Å². The zero-order chi connectivity index (χ0) is 14.4. The Morgan fingerprint density at radius 2 is 1.63 bits per heavy atom. The Morgan fingerprint density at radius 3 is 2.05 bits per heavy atom. The predicted molar refractivity (Wildman–Crippen MR) is 79.9 cm³/mol. The lowest BCUT2D eigenvalue weighted by Crippen LogP contribution is -2.32. The third-order valence-electron chi connectivity index (χ3n) is 3.32. The SMILES string of the molecule is CC(C)c1ccc(C(NC(=O)CCN)C(C)C)cc1. The molecule has 1 aromatic rings. The van der Waals surface area contributed by atoms with E-state index in [1.807, 2.05) is 0 Å². The van der Waals surface area contributed by atoms with Crippen LogP contribution in [0.1, 0.15) is 57.2 Å². The van der Waals surface area contributed by atoms with Crippen LogP contribution in [0.25, 0.3) is 0 Å². The van der Waals surface area contributed by atoms with Crippen LogP contribution in [-0.2, 0) is 4.79 Å².